The maximum absolute atomic E-state index is 12.0. The Morgan fingerprint density at radius 1 is 1.22 bits per heavy atom. The van der Waals surface area contributed by atoms with Gasteiger partial charge < -0.3 is 9.84 Å². The van der Waals surface area contributed by atoms with Gasteiger partial charge in [-0.3, -0.25) is 0 Å². The van der Waals surface area contributed by atoms with Gasteiger partial charge in [0.15, 0.2) is 0 Å². The van der Waals surface area contributed by atoms with Crippen LogP contribution in [-0.4, -0.2) is 11.1 Å². The van der Waals surface area contributed by atoms with Gasteiger partial charge in [0, 0.05) is 4.47 Å². The number of aryl methyl sites for hydroxylation is 1. The van der Waals surface area contributed by atoms with Crippen molar-refractivity contribution >= 4 is 21.9 Å². The summed E-state index contributed by atoms with van der Waals surface area (Å²) in [6.45, 7) is 1.74. The predicted octanol–water partition coefficient (Wildman–Crippen LogP) is 3.68. The normalized spacial score (nSPS) is 10.1. The van der Waals surface area contributed by atoms with Crippen molar-refractivity contribution < 1.29 is 14.6 Å². The molecule has 92 valence electrons. The van der Waals surface area contributed by atoms with Gasteiger partial charge in [-0.15, -0.1) is 0 Å². The topological polar surface area (TPSA) is 46.5 Å². The number of rotatable bonds is 2. The van der Waals surface area contributed by atoms with Crippen molar-refractivity contribution in [1.82, 2.24) is 0 Å². The van der Waals surface area contributed by atoms with Crippen LogP contribution in [0.15, 0.2) is 46.9 Å². The molecule has 0 aliphatic carbocycles. The van der Waals surface area contributed by atoms with Crippen LogP contribution in [0.5, 0.6) is 11.5 Å². The number of carbonyl (C=O) groups is 1. The maximum atomic E-state index is 12.0. The lowest BCUT2D eigenvalue weighted by molar-refractivity contribution is 0.0731. The molecular formula is C14H11BrO3. The first-order valence-corrected chi connectivity index (χ1v) is 6.13. The number of ether oxygens (including phenoxy) is 1. The lowest BCUT2D eigenvalue weighted by Crippen LogP contribution is -2.10. The summed E-state index contributed by atoms with van der Waals surface area (Å²) in [5, 5.41) is 9.79. The standard InChI is InChI=1S/C14H11BrO3/c1-9-7-10(15)8-12(16)13(9)14(17)18-11-5-3-2-4-6-11/h2-8,16H,1H3. The van der Waals surface area contributed by atoms with Crippen LogP contribution in [0.1, 0.15) is 15.9 Å². The Labute approximate surface area is 113 Å². The number of carbonyl (C=O) groups excluding carboxylic acids is 1. The number of phenols is 1. The van der Waals surface area contributed by atoms with E-state index in [1.165, 1.54) is 6.07 Å². The van der Waals surface area contributed by atoms with E-state index < -0.39 is 5.97 Å². The van der Waals surface area contributed by atoms with Crippen LogP contribution in [0.4, 0.5) is 0 Å². The number of esters is 1. The van der Waals surface area contributed by atoms with Gasteiger partial charge in [-0.1, -0.05) is 34.1 Å². The summed E-state index contributed by atoms with van der Waals surface area (Å²) in [6.07, 6.45) is 0. The Kier molecular flexibility index (Phi) is 3.67. The molecule has 18 heavy (non-hydrogen) atoms. The number of hydrogen-bond acceptors (Lipinski definition) is 3. The quantitative estimate of drug-likeness (QED) is 0.680. The van der Waals surface area contributed by atoms with Crippen LogP contribution in [-0.2, 0) is 0 Å². The van der Waals surface area contributed by atoms with Crippen LogP contribution >= 0.6 is 15.9 Å². The highest BCUT2D eigenvalue weighted by Crippen LogP contribution is 2.27. The summed E-state index contributed by atoms with van der Waals surface area (Å²) in [4.78, 5) is 12.0. The summed E-state index contributed by atoms with van der Waals surface area (Å²) in [7, 11) is 0. The molecule has 0 aliphatic rings. The second-order valence-electron chi connectivity index (χ2n) is 3.82. The van der Waals surface area contributed by atoms with Crippen molar-refractivity contribution in [2.75, 3.05) is 0 Å². The first kappa shape index (κ1) is 12.6. The van der Waals surface area contributed by atoms with Crippen molar-refractivity contribution in [1.29, 1.82) is 0 Å². The molecule has 0 amide bonds. The summed E-state index contributed by atoms with van der Waals surface area (Å²) < 4.78 is 5.90. The molecule has 2 aromatic carbocycles. The Morgan fingerprint density at radius 3 is 2.50 bits per heavy atom. The third-order valence-electron chi connectivity index (χ3n) is 2.44. The lowest BCUT2D eigenvalue weighted by atomic mass is 10.1. The van der Waals surface area contributed by atoms with Crippen LogP contribution in [0.3, 0.4) is 0 Å². The van der Waals surface area contributed by atoms with Crippen LogP contribution in [0, 0.1) is 6.92 Å². The van der Waals surface area contributed by atoms with Crippen molar-refractivity contribution in [2.45, 2.75) is 6.92 Å². The number of hydrogen-bond donors (Lipinski definition) is 1. The molecule has 3 nitrogen and oxygen atoms in total. The molecular weight excluding hydrogens is 296 g/mol. The highest BCUT2D eigenvalue weighted by Gasteiger charge is 2.17. The fraction of sp³-hybridized carbons (Fsp3) is 0.0714. The van der Waals surface area contributed by atoms with Crippen molar-refractivity contribution in [3.05, 3.63) is 58.1 Å². The van der Waals surface area contributed by atoms with E-state index in [2.05, 4.69) is 15.9 Å². The van der Waals surface area contributed by atoms with Gasteiger partial charge in [0.25, 0.3) is 0 Å². The second-order valence-corrected chi connectivity index (χ2v) is 4.74. The zero-order valence-corrected chi connectivity index (χ0v) is 11.3. The highest BCUT2D eigenvalue weighted by atomic mass is 79.9. The third-order valence-corrected chi connectivity index (χ3v) is 2.90. The molecule has 0 aromatic heterocycles. The molecule has 0 saturated heterocycles. The van der Waals surface area contributed by atoms with E-state index >= 15 is 0 Å². The zero-order valence-electron chi connectivity index (χ0n) is 9.68. The summed E-state index contributed by atoms with van der Waals surface area (Å²) in [5.74, 6) is -0.212. The average molecular weight is 307 g/mol. The van der Waals surface area contributed by atoms with Gasteiger partial charge >= 0.3 is 5.97 Å². The molecule has 0 heterocycles. The largest absolute Gasteiger partial charge is 0.507 e. The SMILES string of the molecule is Cc1cc(Br)cc(O)c1C(=O)Oc1ccccc1. The number of para-hydroxylation sites is 1. The van der Waals surface area contributed by atoms with E-state index in [0.29, 0.717) is 15.8 Å². The molecule has 0 aliphatic heterocycles. The smallest absolute Gasteiger partial charge is 0.347 e. The summed E-state index contributed by atoms with van der Waals surface area (Å²) in [6, 6.07) is 12.0. The van der Waals surface area contributed by atoms with Crippen LogP contribution in [0.2, 0.25) is 0 Å². The maximum Gasteiger partial charge on any atom is 0.347 e. The monoisotopic (exact) mass is 306 g/mol. The Hall–Kier alpha value is -1.81. The molecule has 0 bridgehead atoms. The van der Waals surface area contributed by atoms with E-state index in [0.717, 1.165) is 0 Å². The van der Waals surface area contributed by atoms with Crippen molar-refractivity contribution in [2.24, 2.45) is 0 Å². The molecule has 1 N–H and O–H groups in total. The van der Waals surface area contributed by atoms with E-state index in [1.807, 2.05) is 6.07 Å². The molecule has 0 spiro atoms. The minimum absolute atomic E-state index is 0.0946. The summed E-state index contributed by atoms with van der Waals surface area (Å²) >= 11 is 3.25. The Morgan fingerprint density at radius 2 is 1.89 bits per heavy atom. The first-order chi connectivity index (χ1) is 8.58. The molecule has 0 fully saturated rings. The second kappa shape index (κ2) is 5.23. The van der Waals surface area contributed by atoms with E-state index in [4.69, 9.17) is 4.74 Å². The van der Waals surface area contributed by atoms with Crippen molar-refractivity contribution in [3.8, 4) is 11.5 Å². The first-order valence-electron chi connectivity index (χ1n) is 5.34. The van der Waals surface area contributed by atoms with Crippen molar-refractivity contribution in [3.63, 3.8) is 0 Å². The number of benzene rings is 2. The van der Waals surface area contributed by atoms with E-state index in [1.54, 1.807) is 37.3 Å². The molecule has 0 radical (unpaired) electrons. The molecule has 4 heteroatoms. The Balaban J connectivity index is 2.30. The molecule has 0 unspecified atom stereocenters. The average Bonchev–Trinajstić information content (AvgIpc) is 2.28. The van der Waals surface area contributed by atoms with Gasteiger partial charge in [0.1, 0.15) is 17.1 Å². The molecule has 2 aromatic rings. The molecule has 0 saturated carbocycles. The number of halogens is 1. The van der Waals surface area contributed by atoms with Crippen LogP contribution in [0.25, 0.3) is 0 Å². The highest BCUT2D eigenvalue weighted by molar-refractivity contribution is 9.10. The minimum Gasteiger partial charge on any atom is -0.507 e. The number of aromatic hydroxyl groups is 1. The van der Waals surface area contributed by atoms with E-state index in [-0.39, 0.29) is 11.3 Å². The molecule has 0 atom stereocenters. The third kappa shape index (κ3) is 2.71. The van der Waals surface area contributed by atoms with Gasteiger partial charge in [-0.2, -0.15) is 0 Å². The molecule has 2 rings (SSSR count). The van der Waals surface area contributed by atoms with Gasteiger partial charge in [-0.25, -0.2) is 4.79 Å². The van der Waals surface area contributed by atoms with Crippen LogP contribution < -0.4 is 4.74 Å². The minimum atomic E-state index is -0.566. The Bertz CT molecular complexity index is 556. The van der Waals surface area contributed by atoms with Gasteiger partial charge in [-0.05, 0) is 36.8 Å². The van der Waals surface area contributed by atoms with E-state index in [9.17, 15) is 9.90 Å². The lowest BCUT2D eigenvalue weighted by Gasteiger charge is -2.09. The van der Waals surface area contributed by atoms with Gasteiger partial charge in [0.05, 0.1) is 0 Å². The predicted molar refractivity (Wildman–Crippen MR) is 71.9 cm³/mol. The fourth-order valence-electron chi connectivity index (χ4n) is 1.64. The fourth-order valence-corrected chi connectivity index (χ4v) is 2.20. The zero-order chi connectivity index (χ0) is 13.1. The van der Waals surface area contributed by atoms with Gasteiger partial charge in [0.2, 0.25) is 0 Å². The summed E-state index contributed by atoms with van der Waals surface area (Å²) in [5.41, 5.74) is 0.838. The number of phenolic OH excluding ortho intramolecular Hbond substituents is 1.